The second-order valence-corrected chi connectivity index (χ2v) is 4.27. The van der Waals surface area contributed by atoms with E-state index in [0.29, 0.717) is 5.75 Å². The Labute approximate surface area is 125 Å². The van der Waals surface area contributed by atoms with Crippen LogP contribution in [-0.4, -0.2) is 49.1 Å². The summed E-state index contributed by atoms with van der Waals surface area (Å²) in [5, 5.41) is 22.3. The number of rotatable bonds is 6. The first-order chi connectivity index (χ1) is 9.92. The van der Waals surface area contributed by atoms with Crippen LogP contribution < -0.4 is 20.1 Å². The number of carboxylic acids is 1. The molecule has 0 aromatic heterocycles. The number of aliphatic hydroxyl groups is 1. The van der Waals surface area contributed by atoms with Crippen molar-refractivity contribution in [3.05, 3.63) is 17.2 Å². The third-order valence-electron chi connectivity index (χ3n) is 2.51. The van der Waals surface area contributed by atoms with Gasteiger partial charge in [0.2, 0.25) is 0 Å². The maximum absolute atomic E-state index is 11.7. The molecule has 0 heterocycles. The summed E-state index contributed by atoms with van der Waals surface area (Å²) in [6, 6.07) is 0.632. The second-order valence-electron chi connectivity index (χ2n) is 3.86. The third-order valence-corrected chi connectivity index (χ3v) is 2.80. The first-order valence-corrected chi connectivity index (χ1v) is 6.13. The maximum atomic E-state index is 11.7. The Balaban J connectivity index is 2.89. The van der Waals surface area contributed by atoms with Crippen LogP contribution in [0.3, 0.4) is 0 Å². The molecule has 1 aromatic carbocycles. The number of methoxy groups -OCH3 is 2. The average molecular weight is 319 g/mol. The molecule has 0 spiro atoms. The van der Waals surface area contributed by atoms with Gasteiger partial charge in [0.25, 0.3) is 0 Å². The van der Waals surface area contributed by atoms with Gasteiger partial charge in [0.1, 0.15) is 11.5 Å². The summed E-state index contributed by atoms with van der Waals surface area (Å²) >= 11 is 5.94. The number of nitrogens with one attached hydrogen (secondary N) is 2. The fourth-order valence-corrected chi connectivity index (χ4v) is 1.70. The fraction of sp³-hybridized carbons (Fsp3) is 0.333. The molecule has 8 nitrogen and oxygen atoms in total. The van der Waals surface area contributed by atoms with Crippen molar-refractivity contribution in [2.45, 2.75) is 6.04 Å². The highest BCUT2D eigenvalue weighted by molar-refractivity contribution is 6.32. The molecule has 0 unspecified atom stereocenters. The van der Waals surface area contributed by atoms with Crippen LogP contribution in [0.2, 0.25) is 5.02 Å². The standard InChI is InChI=1S/C12H15ClN2O6/c1-20-9-4-10(21-2)7(3-6(9)13)14-12(19)15-8(5-16)11(17)18/h3-4,8,16H,5H2,1-2H3,(H,17,18)(H2,14,15,19)/t8-/m1/s1. The van der Waals surface area contributed by atoms with Crippen LogP contribution in [0.15, 0.2) is 12.1 Å². The number of aliphatic hydroxyl groups excluding tert-OH is 1. The van der Waals surface area contributed by atoms with Crippen molar-refractivity contribution in [1.29, 1.82) is 0 Å². The van der Waals surface area contributed by atoms with E-state index in [9.17, 15) is 9.59 Å². The fourth-order valence-electron chi connectivity index (χ4n) is 1.46. The topological polar surface area (TPSA) is 117 Å². The lowest BCUT2D eigenvalue weighted by Crippen LogP contribution is -2.45. The number of urea groups is 1. The van der Waals surface area contributed by atoms with E-state index in [1.54, 1.807) is 0 Å². The van der Waals surface area contributed by atoms with Crippen LogP contribution in [0.5, 0.6) is 11.5 Å². The Kier molecular flexibility index (Phi) is 6.07. The van der Waals surface area contributed by atoms with Crippen molar-refractivity contribution in [2.75, 3.05) is 26.1 Å². The summed E-state index contributed by atoms with van der Waals surface area (Å²) in [7, 11) is 2.82. The number of benzene rings is 1. The number of hydrogen-bond acceptors (Lipinski definition) is 5. The van der Waals surface area contributed by atoms with Gasteiger partial charge in [-0.05, 0) is 6.07 Å². The zero-order valence-corrected chi connectivity index (χ0v) is 12.1. The molecule has 0 radical (unpaired) electrons. The Morgan fingerprint density at radius 3 is 2.38 bits per heavy atom. The van der Waals surface area contributed by atoms with Crippen molar-refractivity contribution >= 4 is 29.3 Å². The van der Waals surface area contributed by atoms with Gasteiger partial charge in [-0.3, -0.25) is 0 Å². The molecule has 0 fully saturated rings. The Hall–Kier alpha value is -2.19. The quantitative estimate of drug-likeness (QED) is 0.619. The van der Waals surface area contributed by atoms with Crippen LogP contribution in [-0.2, 0) is 4.79 Å². The normalized spacial score (nSPS) is 11.4. The van der Waals surface area contributed by atoms with Gasteiger partial charge in [0.05, 0.1) is 31.5 Å². The summed E-state index contributed by atoms with van der Waals surface area (Å²) in [4.78, 5) is 22.4. The molecule has 4 N–H and O–H groups in total. The minimum absolute atomic E-state index is 0.225. The molecule has 0 aliphatic rings. The molecule has 116 valence electrons. The summed E-state index contributed by atoms with van der Waals surface area (Å²) < 4.78 is 10.1. The number of aliphatic carboxylic acids is 1. The zero-order chi connectivity index (χ0) is 16.0. The van der Waals surface area contributed by atoms with E-state index in [1.807, 2.05) is 0 Å². The number of carboxylic acid groups (broad SMARTS) is 1. The lowest BCUT2D eigenvalue weighted by Gasteiger charge is -2.15. The number of ether oxygens (including phenoxy) is 2. The van der Waals surface area contributed by atoms with Gasteiger partial charge < -0.3 is 30.3 Å². The molecule has 0 saturated carbocycles. The Morgan fingerprint density at radius 1 is 1.29 bits per heavy atom. The van der Waals surface area contributed by atoms with E-state index >= 15 is 0 Å². The number of halogens is 1. The molecule has 2 amide bonds. The molecule has 1 rings (SSSR count). The highest BCUT2D eigenvalue weighted by Gasteiger charge is 2.20. The predicted molar refractivity (Wildman–Crippen MR) is 75.2 cm³/mol. The van der Waals surface area contributed by atoms with Crippen molar-refractivity contribution in [2.24, 2.45) is 0 Å². The van der Waals surface area contributed by atoms with E-state index < -0.39 is 24.6 Å². The molecule has 0 saturated heterocycles. The van der Waals surface area contributed by atoms with Crippen molar-refractivity contribution in [1.82, 2.24) is 5.32 Å². The molecule has 1 atom stereocenters. The van der Waals surface area contributed by atoms with E-state index in [0.717, 1.165) is 0 Å². The smallest absolute Gasteiger partial charge is 0.328 e. The van der Waals surface area contributed by atoms with Gasteiger partial charge >= 0.3 is 12.0 Å². The van der Waals surface area contributed by atoms with Crippen LogP contribution in [0.1, 0.15) is 0 Å². The molecule has 21 heavy (non-hydrogen) atoms. The molecular weight excluding hydrogens is 304 g/mol. The molecule has 9 heteroatoms. The first kappa shape index (κ1) is 16.9. The third kappa shape index (κ3) is 4.40. The van der Waals surface area contributed by atoms with Crippen molar-refractivity contribution in [3.8, 4) is 11.5 Å². The lowest BCUT2D eigenvalue weighted by molar-refractivity contribution is -0.140. The van der Waals surface area contributed by atoms with Crippen LogP contribution in [0.4, 0.5) is 10.5 Å². The average Bonchev–Trinajstić information content (AvgIpc) is 2.44. The van der Waals surface area contributed by atoms with Crippen LogP contribution in [0.25, 0.3) is 0 Å². The van der Waals surface area contributed by atoms with E-state index in [2.05, 4.69) is 10.6 Å². The predicted octanol–water partition coefficient (Wildman–Crippen LogP) is 0.924. The highest BCUT2D eigenvalue weighted by Crippen LogP contribution is 2.35. The van der Waals surface area contributed by atoms with Gasteiger partial charge in [-0.2, -0.15) is 0 Å². The minimum Gasteiger partial charge on any atom is -0.495 e. The lowest BCUT2D eigenvalue weighted by atomic mass is 10.2. The first-order valence-electron chi connectivity index (χ1n) is 5.75. The number of hydrogen-bond donors (Lipinski definition) is 4. The molecule has 1 aromatic rings. The van der Waals surface area contributed by atoms with Gasteiger partial charge in [0, 0.05) is 6.07 Å². The molecule has 0 aliphatic carbocycles. The number of carbonyl (C=O) groups excluding carboxylic acids is 1. The summed E-state index contributed by atoms with van der Waals surface area (Å²) in [5.41, 5.74) is 0.225. The van der Waals surface area contributed by atoms with E-state index in [1.165, 1.54) is 26.4 Å². The zero-order valence-electron chi connectivity index (χ0n) is 11.3. The minimum atomic E-state index is -1.41. The van der Waals surface area contributed by atoms with Gasteiger partial charge in [-0.15, -0.1) is 0 Å². The van der Waals surface area contributed by atoms with Gasteiger partial charge in [-0.25, -0.2) is 9.59 Å². The van der Waals surface area contributed by atoms with Crippen molar-refractivity contribution < 1.29 is 29.3 Å². The summed E-state index contributed by atoms with van der Waals surface area (Å²) in [6.07, 6.45) is 0. The van der Waals surface area contributed by atoms with E-state index in [-0.39, 0.29) is 16.5 Å². The Morgan fingerprint density at radius 2 is 1.90 bits per heavy atom. The van der Waals surface area contributed by atoms with Crippen LogP contribution >= 0.6 is 11.6 Å². The maximum Gasteiger partial charge on any atom is 0.328 e. The van der Waals surface area contributed by atoms with Crippen LogP contribution in [0, 0.1) is 0 Å². The highest BCUT2D eigenvalue weighted by atomic mass is 35.5. The SMILES string of the molecule is COc1cc(OC)c(NC(=O)N[C@H](CO)C(=O)O)cc1Cl. The number of anilines is 1. The summed E-state index contributed by atoms with van der Waals surface area (Å²) in [6.45, 7) is -0.733. The molecular formula is C12H15ClN2O6. The van der Waals surface area contributed by atoms with Gasteiger partial charge in [0.15, 0.2) is 6.04 Å². The van der Waals surface area contributed by atoms with Gasteiger partial charge in [-0.1, -0.05) is 11.6 Å². The Bertz CT molecular complexity index is 537. The molecule has 0 bridgehead atoms. The van der Waals surface area contributed by atoms with E-state index in [4.69, 9.17) is 31.3 Å². The number of amides is 2. The number of carbonyl (C=O) groups is 2. The molecule has 0 aliphatic heterocycles. The largest absolute Gasteiger partial charge is 0.495 e. The van der Waals surface area contributed by atoms with Crippen molar-refractivity contribution in [3.63, 3.8) is 0 Å². The summed E-state index contributed by atoms with van der Waals surface area (Å²) in [5.74, 6) is -0.715. The second kappa shape index (κ2) is 7.55. The monoisotopic (exact) mass is 318 g/mol.